The number of halogens is 1. The molecule has 5 heteroatoms. The highest BCUT2D eigenvalue weighted by molar-refractivity contribution is 9.10. The number of carbonyl (C=O) groups excluding carboxylic acids is 2. The van der Waals surface area contributed by atoms with Crippen molar-refractivity contribution in [3.63, 3.8) is 0 Å². The van der Waals surface area contributed by atoms with Gasteiger partial charge in [0.05, 0.1) is 6.61 Å². The zero-order valence-electron chi connectivity index (χ0n) is 11.5. The molecule has 0 spiro atoms. The molecular formula is C15H17BrO4. The molecule has 2 unspecified atom stereocenters. The van der Waals surface area contributed by atoms with Gasteiger partial charge in [0.2, 0.25) is 5.78 Å². The van der Waals surface area contributed by atoms with E-state index in [-0.39, 0.29) is 5.92 Å². The summed E-state index contributed by atoms with van der Waals surface area (Å²) in [6.45, 7) is 3.88. The Labute approximate surface area is 126 Å². The van der Waals surface area contributed by atoms with Crippen molar-refractivity contribution < 1.29 is 19.1 Å². The lowest BCUT2D eigenvalue weighted by Gasteiger charge is -2.39. The summed E-state index contributed by atoms with van der Waals surface area (Å²) in [5, 5.41) is 0. The number of ether oxygens (including phenoxy) is 2. The highest BCUT2D eigenvalue weighted by Crippen LogP contribution is 2.29. The standard InChI is InChI=1S/C15H17BrO4/c1-15(2)19-9-11(14(20-15)13(18)8-17)7-10-3-5-12(16)6-4-10/h3-6,8,11,14H,7,9H2,1-2H3. The minimum absolute atomic E-state index is 0.151. The van der Waals surface area contributed by atoms with Crippen LogP contribution >= 0.6 is 15.9 Å². The fourth-order valence-corrected chi connectivity index (χ4v) is 2.54. The third-order valence-electron chi connectivity index (χ3n) is 3.29. The van der Waals surface area contributed by atoms with E-state index in [1.807, 2.05) is 24.3 Å². The summed E-state index contributed by atoms with van der Waals surface area (Å²) in [4.78, 5) is 22.5. The summed E-state index contributed by atoms with van der Waals surface area (Å²) in [6, 6.07) is 7.85. The van der Waals surface area contributed by atoms with E-state index in [4.69, 9.17) is 9.47 Å². The molecule has 0 aromatic heterocycles. The first-order valence-corrected chi connectivity index (χ1v) is 7.26. The Kier molecular flexibility index (Phi) is 4.73. The molecule has 1 heterocycles. The number of ketones is 1. The monoisotopic (exact) mass is 340 g/mol. The van der Waals surface area contributed by atoms with Crippen molar-refractivity contribution in [2.24, 2.45) is 5.92 Å². The molecule has 2 rings (SSSR count). The molecule has 1 aromatic carbocycles. The van der Waals surface area contributed by atoms with E-state index in [0.717, 1.165) is 10.0 Å². The van der Waals surface area contributed by atoms with Crippen molar-refractivity contribution in [1.82, 2.24) is 0 Å². The Bertz CT molecular complexity index is 495. The van der Waals surface area contributed by atoms with E-state index in [0.29, 0.717) is 19.3 Å². The SMILES string of the molecule is CC1(C)OCC(Cc2ccc(Br)cc2)C(C(=O)C=O)O1. The van der Waals surface area contributed by atoms with Crippen LogP contribution in [0.15, 0.2) is 28.7 Å². The van der Waals surface area contributed by atoms with E-state index in [1.54, 1.807) is 13.8 Å². The first-order chi connectivity index (χ1) is 9.41. The van der Waals surface area contributed by atoms with Crippen LogP contribution in [0.1, 0.15) is 19.4 Å². The van der Waals surface area contributed by atoms with Gasteiger partial charge in [-0.1, -0.05) is 28.1 Å². The lowest BCUT2D eigenvalue weighted by molar-refractivity contribution is -0.284. The first kappa shape index (κ1) is 15.4. The van der Waals surface area contributed by atoms with Gasteiger partial charge < -0.3 is 9.47 Å². The molecule has 1 fully saturated rings. The smallest absolute Gasteiger partial charge is 0.224 e. The van der Waals surface area contributed by atoms with Crippen LogP contribution in [-0.2, 0) is 25.5 Å². The number of hydrogen-bond donors (Lipinski definition) is 0. The van der Waals surface area contributed by atoms with E-state index >= 15 is 0 Å². The number of carbonyl (C=O) groups is 2. The van der Waals surface area contributed by atoms with Crippen molar-refractivity contribution in [2.45, 2.75) is 32.2 Å². The molecule has 0 N–H and O–H groups in total. The van der Waals surface area contributed by atoms with Crippen molar-refractivity contribution >= 4 is 28.0 Å². The van der Waals surface area contributed by atoms with Crippen molar-refractivity contribution in [3.05, 3.63) is 34.3 Å². The molecule has 0 radical (unpaired) electrons. The highest BCUT2D eigenvalue weighted by atomic mass is 79.9. The van der Waals surface area contributed by atoms with E-state index < -0.39 is 17.7 Å². The van der Waals surface area contributed by atoms with Gasteiger partial charge in [-0.3, -0.25) is 9.59 Å². The molecule has 2 atom stereocenters. The Morgan fingerprint density at radius 1 is 1.40 bits per heavy atom. The molecule has 0 amide bonds. The second-order valence-corrected chi connectivity index (χ2v) is 6.28. The molecular weight excluding hydrogens is 324 g/mol. The molecule has 1 saturated heterocycles. The molecule has 1 aliphatic heterocycles. The minimum atomic E-state index is -0.834. The lowest BCUT2D eigenvalue weighted by atomic mass is 9.91. The van der Waals surface area contributed by atoms with Gasteiger partial charge in [-0.25, -0.2) is 0 Å². The molecule has 0 saturated carbocycles. The summed E-state index contributed by atoms with van der Waals surface area (Å²) in [7, 11) is 0. The van der Waals surface area contributed by atoms with Gasteiger partial charge in [0, 0.05) is 10.4 Å². The van der Waals surface area contributed by atoms with Gasteiger partial charge in [-0.15, -0.1) is 0 Å². The number of hydrogen-bond acceptors (Lipinski definition) is 4. The fourth-order valence-electron chi connectivity index (χ4n) is 2.28. The maximum atomic E-state index is 11.8. The van der Waals surface area contributed by atoms with E-state index in [9.17, 15) is 9.59 Å². The zero-order chi connectivity index (χ0) is 14.8. The van der Waals surface area contributed by atoms with Crippen LogP contribution in [0.2, 0.25) is 0 Å². The molecule has 108 valence electrons. The number of benzene rings is 1. The Morgan fingerprint density at radius 2 is 2.05 bits per heavy atom. The summed E-state index contributed by atoms with van der Waals surface area (Å²) < 4.78 is 12.2. The third-order valence-corrected chi connectivity index (χ3v) is 3.82. The average molecular weight is 341 g/mol. The van der Waals surface area contributed by atoms with Crippen LogP contribution in [0.25, 0.3) is 0 Å². The zero-order valence-corrected chi connectivity index (χ0v) is 13.1. The van der Waals surface area contributed by atoms with Gasteiger partial charge in [0.1, 0.15) is 6.10 Å². The normalized spacial score (nSPS) is 25.1. The fraction of sp³-hybridized carbons (Fsp3) is 0.467. The largest absolute Gasteiger partial charge is 0.350 e. The van der Waals surface area contributed by atoms with Crippen LogP contribution in [0.3, 0.4) is 0 Å². The van der Waals surface area contributed by atoms with Crippen molar-refractivity contribution in [1.29, 1.82) is 0 Å². The molecule has 1 aromatic rings. The van der Waals surface area contributed by atoms with Crippen LogP contribution in [0.5, 0.6) is 0 Å². The maximum Gasteiger partial charge on any atom is 0.224 e. The second-order valence-electron chi connectivity index (χ2n) is 5.36. The molecule has 0 bridgehead atoms. The Balaban J connectivity index is 2.13. The summed E-state index contributed by atoms with van der Waals surface area (Å²) in [5.74, 6) is -1.51. The van der Waals surface area contributed by atoms with Gasteiger partial charge in [-0.2, -0.15) is 0 Å². The predicted molar refractivity (Wildman–Crippen MR) is 77.3 cm³/mol. The lowest BCUT2D eigenvalue weighted by Crippen LogP contribution is -2.50. The third kappa shape index (κ3) is 3.75. The average Bonchev–Trinajstić information content (AvgIpc) is 2.42. The quantitative estimate of drug-likeness (QED) is 0.624. The van der Waals surface area contributed by atoms with Gasteiger partial charge in [0.25, 0.3) is 0 Å². The van der Waals surface area contributed by atoms with Gasteiger partial charge in [-0.05, 0) is 38.0 Å². The van der Waals surface area contributed by atoms with Crippen molar-refractivity contribution in [3.8, 4) is 0 Å². The van der Waals surface area contributed by atoms with Gasteiger partial charge >= 0.3 is 0 Å². The highest BCUT2D eigenvalue weighted by Gasteiger charge is 2.40. The molecule has 0 aliphatic carbocycles. The molecule has 1 aliphatic rings. The van der Waals surface area contributed by atoms with Crippen LogP contribution in [0, 0.1) is 5.92 Å². The number of Topliss-reactive ketones (excluding diaryl/α,β-unsaturated/α-hetero) is 1. The van der Waals surface area contributed by atoms with Crippen LogP contribution in [-0.4, -0.2) is 30.6 Å². The predicted octanol–water partition coefficient (Wildman–Crippen LogP) is 2.53. The summed E-state index contributed by atoms with van der Waals surface area (Å²) in [6.07, 6.45) is 0.230. The number of rotatable bonds is 4. The van der Waals surface area contributed by atoms with Crippen molar-refractivity contribution in [2.75, 3.05) is 6.61 Å². The summed E-state index contributed by atoms with van der Waals surface area (Å²) >= 11 is 3.38. The second kappa shape index (κ2) is 6.16. The topological polar surface area (TPSA) is 52.6 Å². The van der Waals surface area contributed by atoms with Crippen LogP contribution < -0.4 is 0 Å². The van der Waals surface area contributed by atoms with Gasteiger partial charge in [0.15, 0.2) is 12.1 Å². The first-order valence-electron chi connectivity index (χ1n) is 6.46. The van der Waals surface area contributed by atoms with E-state index in [2.05, 4.69) is 15.9 Å². The maximum absolute atomic E-state index is 11.8. The minimum Gasteiger partial charge on any atom is -0.350 e. The Hall–Kier alpha value is -1.04. The molecule has 4 nitrogen and oxygen atoms in total. The number of aldehydes is 1. The van der Waals surface area contributed by atoms with E-state index in [1.165, 1.54) is 0 Å². The summed E-state index contributed by atoms with van der Waals surface area (Å²) in [5.41, 5.74) is 1.08. The Morgan fingerprint density at radius 3 is 2.65 bits per heavy atom. The van der Waals surface area contributed by atoms with Crippen LogP contribution in [0.4, 0.5) is 0 Å². The molecule has 20 heavy (non-hydrogen) atoms.